The van der Waals surface area contributed by atoms with Gasteiger partial charge in [-0.15, -0.1) is 0 Å². The number of hydrogen-bond donors (Lipinski definition) is 1. The van der Waals surface area contributed by atoms with E-state index in [2.05, 4.69) is 11.8 Å². The molecule has 2 N–H and O–H groups in total. The van der Waals surface area contributed by atoms with Gasteiger partial charge in [-0.2, -0.15) is 0 Å². The van der Waals surface area contributed by atoms with Crippen molar-refractivity contribution in [3.05, 3.63) is 0 Å². The van der Waals surface area contributed by atoms with E-state index < -0.39 is 0 Å². The Morgan fingerprint density at radius 3 is 2.39 bits per heavy atom. The van der Waals surface area contributed by atoms with Crippen LogP contribution in [0.5, 0.6) is 0 Å². The van der Waals surface area contributed by atoms with Crippen LogP contribution in [-0.4, -0.2) is 30.1 Å². The maximum atomic E-state index is 6.09. The van der Waals surface area contributed by atoms with Crippen molar-refractivity contribution in [2.24, 2.45) is 11.7 Å². The molecule has 0 spiro atoms. The average Bonchev–Trinajstić information content (AvgIpc) is 3.23. The van der Waals surface area contributed by atoms with Gasteiger partial charge in [0.05, 0.1) is 0 Å². The van der Waals surface area contributed by atoms with Gasteiger partial charge in [-0.3, -0.25) is 4.90 Å². The lowest BCUT2D eigenvalue weighted by Crippen LogP contribution is -2.44. The van der Waals surface area contributed by atoms with E-state index in [1.54, 1.807) is 0 Å². The van der Waals surface area contributed by atoms with Crippen molar-refractivity contribution in [1.82, 2.24) is 4.90 Å². The van der Waals surface area contributed by atoms with Crippen molar-refractivity contribution in [2.45, 2.75) is 83.2 Å². The van der Waals surface area contributed by atoms with E-state index in [1.807, 2.05) is 0 Å². The van der Waals surface area contributed by atoms with Crippen LogP contribution in [0, 0.1) is 5.92 Å². The molecule has 2 aliphatic carbocycles. The SMILES string of the molecule is CCCCN(C1CC1)C(CN)CC1CCCCC1. The highest BCUT2D eigenvalue weighted by atomic mass is 15.2. The van der Waals surface area contributed by atoms with Gasteiger partial charge in [0.15, 0.2) is 0 Å². The Labute approximate surface area is 113 Å². The molecular weight excluding hydrogens is 220 g/mol. The van der Waals surface area contributed by atoms with Crippen molar-refractivity contribution >= 4 is 0 Å². The zero-order valence-electron chi connectivity index (χ0n) is 12.2. The minimum absolute atomic E-state index is 0.673. The first-order valence-corrected chi connectivity index (χ1v) is 8.31. The Bertz CT molecular complexity index is 219. The van der Waals surface area contributed by atoms with E-state index in [1.165, 1.54) is 70.8 Å². The largest absolute Gasteiger partial charge is 0.329 e. The molecule has 2 saturated carbocycles. The van der Waals surface area contributed by atoms with Gasteiger partial charge in [-0.05, 0) is 38.1 Å². The third kappa shape index (κ3) is 4.24. The van der Waals surface area contributed by atoms with Crippen LogP contribution in [-0.2, 0) is 0 Å². The number of rotatable bonds is 8. The Morgan fingerprint density at radius 1 is 1.11 bits per heavy atom. The highest BCUT2D eigenvalue weighted by Gasteiger charge is 2.33. The van der Waals surface area contributed by atoms with E-state index in [0.29, 0.717) is 6.04 Å². The topological polar surface area (TPSA) is 29.3 Å². The minimum Gasteiger partial charge on any atom is -0.329 e. The Morgan fingerprint density at radius 2 is 1.83 bits per heavy atom. The summed E-state index contributed by atoms with van der Waals surface area (Å²) < 4.78 is 0. The molecule has 2 nitrogen and oxygen atoms in total. The van der Waals surface area contributed by atoms with Crippen molar-refractivity contribution in [3.8, 4) is 0 Å². The third-order valence-electron chi connectivity index (χ3n) is 4.86. The second kappa shape index (κ2) is 7.49. The Balaban J connectivity index is 1.83. The van der Waals surface area contributed by atoms with Crippen LogP contribution in [0.15, 0.2) is 0 Å². The lowest BCUT2D eigenvalue weighted by Gasteiger charge is -2.34. The molecule has 2 rings (SSSR count). The predicted molar refractivity (Wildman–Crippen MR) is 78.7 cm³/mol. The summed E-state index contributed by atoms with van der Waals surface area (Å²) in [5, 5.41) is 0. The standard InChI is InChI=1S/C16H32N2/c1-2-3-11-18(15-9-10-15)16(13-17)12-14-7-5-4-6-8-14/h14-16H,2-13,17H2,1H3. The molecule has 18 heavy (non-hydrogen) atoms. The number of nitrogens with two attached hydrogens (primary N) is 1. The molecule has 0 aliphatic heterocycles. The van der Waals surface area contributed by atoms with Crippen LogP contribution in [0.3, 0.4) is 0 Å². The molecule has 0 aromatic rings. The fourth-order valence-electron chi connectivity index (χ4n) is 3.58. The minimum atomic E-state index is 0.673. The monoisotopic (exact) mass is 252 g/mol. The van der Waals surface area contributed by atoms with E-state index in [4.69, 9.17) is 5.73 Å². The van der Waals surface area contributed by atoms with E-state index in [9.17, 15) is 0 Å². The van der Waals surface area contributed by atoms with Gasteiger partial charge in [0.25, 0.3) is 0 Å². The smallest absolute Gasteiger partial charge is 0.0223 e. The molecule has 2 aliphatic rings. The van der Waals surface area contributed by atoms with E-state index in [-0.39, 0.29) is 0 Å². The second-order valence-corrected chi connectivity index (χ2v) is 6.45. The summed E-state index contributed by atoms with van der Waals surface area (Å²) >= 11 is 0. The van der Waals surface area contributed by atoms with Crippen LogP contribution in [0.25, 0.3) is 0 Å². The summed E-state index contributed by atoms with van der Waals surface area (Å²) in [5.41, 5.74) is 6.09. The molecule has 1 unspecified atom stereocenters. The molecule has 0 saturated heterocycles. The molecule has 106 valence electrons. The van der Waals surface area contributed by atoms with Crippen LogP contribution < -0.4 is 5.73 Å². The average molecular weight is 252 g/mol. The number of hydrogen-bond acceptors (Lipinski definition) is 2. The second-order valence-electron chi connectivity index (χ2n) is 6.45. The third-order valence-corrected chi connectivity index (χ3v) is 4.86. The van der Waals surface area contributed by atoms with Gasteiger partial charge in [0.1, 0.15) is 0 Å². The lowest BCUT2D eigenvalue weighted by molar-refractivity contribution is 0.149. The van der Waals surface area contributed by atoms with Crippen molar-refractivity contribution in [1.29, 1.82) is 0 Å². The summed E-state index contributed by atoms with van der Waals surface area (Å²) in [6.07, 6.45) is 14.2. The highest BCUT2D eigenvalue weighted by Crippen LogP contribution is 2.33. The van der Waals surface area contributed by atoms with Gasteiger partial charge in [0.2, 0.25) is 0 Å². The lowest BCUT2D eigenvalue weighted by atomic mass is 9.84. The normalized spacial score (nSPS) is 23.5. The van der Waals surface area contributed by atoms with Gasteiger partial charge in [-0.25, -0.2) is 0 Å². The molecule has 1 atom stereocenters. The molecule has 0 aromatic heterocycles. The molecule has 0 aromatic carbocycles. The van der Waals surface area contributed by atoms with E-state index in [0.717, 1.165) is 18.5 Å². The zero-order valence-corrected chi connectivity index (χ0v) is 12.2. The first-order valence-electron chi connectivity index (χ1n) is 8.31. The predicted octanol–water partition coefficient (Wildman–Crippen LogP) is 3.55. The van der Waals surface area contributed by atoms with Crippen LogP contribution in [0.1, 0.15) is 71.1 Å². The fraction of sp³-hybridized carbons (Fsp3) is 1.00. The molecule has 2 heteroatoms. The quantitative estimate of drug-likeness (QED) is 0.716. The summed E-state index contributed by atoms with van der Waals surface area (Å²) in [4.78, 5) is 2.76. The van der Waals surface area contributed by atoms with Crippen LogP contribution in [0.4, 0.5) is 0 Å². The number of nitrogens with zero attached hydrogens (tertiary/aromatic N) is 1. The first kappa shape index (κ1) is 14.3. The van der Waals surface area contributed by atoms with Crippen molar-refractivity contribution in [3.63, 3.8) is 0 Å². The number of unbranched alkanes of at least 4 members (excludes halogenated alkanes) is 1. The Hall–Kier alpha value is -0.0800. The summed E-state index contributed by atoms with van der Waals surface area (Å²) in [6.45, 7) is 4.45. The van der Waals surface area contributed by atoms with Gasteiger partial charge in [0, 0.05) is 18.6 Å². The van der Waals surface area contributed by atoms with Gasteiger partial charge in [-0.1, -0.05) is 45.4 Å². The first-order chi connectivity index (χ1) is 8.85. The van der Waals surface area contributed by atoms with Crippen molar-refractivity contribution < 1.29 is 0 Å². The van der Waals surface area contributed by atoms with E-state index >= 15 is 0 Å². The summed E-state index contributed by atoms with van der Waals surface area (Å²) in [6, 6.07) is 1.56. The molecule has 0 bridgehead atoms. The van der Waals surface area contributed by atoms with Crippen LogP contribution >= 0.6 is 0 Å². The maximum Gasteiger partial charge on any atom is 0.0223 e. The summed E-state index contributed by atoms with van der Waals surface area (Å²) in [7, 11) is 0. The van der Waals surface area contributed by atoms with Crippen LogP contribution in [0.2, 0.25) is 0 Å². The summed E-state index contributed by atoms with van der Waals surface area (Å²) in [5.74, 6) is 0.968. The van der Waals surface area contributed by atoms with Gasteiger partial charge < -0.3 is 5.73 Å². The zero-order chi connectivity index (χ0) is 12.8. The van der Waals surface area contributed by atoms with Crippen molar-refractivity contribution in [2.75, 3.05) is 13.1 Å². The molecule has 0 radical (unpaired) electrons. The highest BCUT2D eigenvalue weighted by molar-refractivity contribution is 4.90. The van der Waals surface area contributed by atoms with Gasteiger partial charge >= 0.3 is 0 Å². The molecule has 0 amide bonds. The molecular formula is C16H32N2. The molecule has 0 heterocycles. The maximum absolute atomic E-state index is 6.09. The molecule has 2 fully saturated rings. The fourth-order valence-corrected chi connectivity index (χ4v) is 3.58. The Kier molecular flexibility index (Phi) is 5.97.